The Hall–Kier alpha value is -1.24. The summed E-state index contributed by atoms with van der Waals surface area (Å²) in [4.78, 5) is 17.4. The van der Waals surface area contributed by atoms with E-state index in [1.54, 1.807) is 16.7 Å². The molecule has 0 bridgehead atoms. The molecule has 1 heterocycles. The third-order valence-electron chi connectivity index (χ3n) is 4.54. The minimum absolute atomic E-state index is 0.0536. The van der Waals surface area contributed by atoms with Gasteiger partial charge in [0.25, 0.3) is 0 Å². The number of hydrogen-bond acceptors (Lipinski definition) is 4. The molecule has 24 heavy (non-hydrogen) atoms. The molecule has 2 N–H and O–H groups in total. The highest BCUT2D eigenvalue weighted by Crippen LogP contribution is 2.17. The van der Waals surface area contributed by atoms with Gasteiger partial charge in [0.2, 0.25) is 0 Å². The third kappa shape index (κ3) is 5.69. The molecule has 0 radical (unpaired) electrons. The summed E-state index contributed by atoms with van der Waals surface area (Å²) in [5.41, 5.74) is 1.14. The second-order valence-electron chi connectivity index (χ2n) is 6.31. The van der Waals surface area contributed by atoms with Crippen molar-refractivity contribution in [1.82, 2.24) is 15.1 Å². The van der Waals surface area contributed by atoms with Crippen molar-refractivity contribution in [3.63, 3.8) is 0 Å². The summed E-state index contributed by atoms with van der Waals surface area (Å²) >= 11 is 1.71. The Morgan fingerprint density at radius 1 is 1.46 bits per heavy atom. The van der Waals surface area contributed by atoms with Crippen LogP contribution >= 0.6 is 11.8 Å². The fraction of sp³-hybridized carbons (Fsp3) is 0.611. The summed E-state index contributed by atoms with van der Waals surface area (Å²) in [6.07, 6.45) is 5.47. The number of nitrogens with zero attached hydrogens (tertiary/aromatic N) is 2. The van der Waals surface area contributed by atoms with Gasteiger partial charge in [-0.3, -0.25) is 4.90 Å². The molecule has 2 amide bonds. The number of benzene rings is 1. The number of amides is 2. The number of urea groups is 1. The molecule has 2 rings (SSSR count). The Morgan fingerprint density at radius 3 is 3.04 bits per heavy atom. The van der Waals surface area contributed by atoms with Gasteiger partial charge in [0.1, 0.15) is 0 Å². The summed E-state index contributed by atoms with van der Waals surface area (Å²) < 4.78 is 0. The maximum absolute atomic E-state index is 12.2. The summed E-state index contributed by atoms with van der Waals surface area (Å²) in [7, 11) is 1.82. The number of hydrogen-bond donors (Lipinski definition) is 2. The summed E-state index contributed by atoms with van der Waals surface area (Å²) in [6.45, 7) is 3.23. The predicted molar refractivity (Wildman–Crippen MR) is 99.4 cm³/mol. The van der Waals surface area contributed by atoms with Crippen LogP contribution in [0.4, 0.5) is 4.79 Å². The van der Waals surface area contributed by atoms with Gasteiger partial charge < -0.3 is 15.3 Å². The highest BCUT2D eigenvalue weighted by Gasteiger charge is 2.21. The lowest BCUT2D eigenvalue weighted by Gasteiger charge is -2.34. The maximum atomic E-state index is 12.2. The molecule has 6 heteroatoms. The molecule has 0 saturated carbocycles. The normalized spacial score (nSPS) is 18.4. The van der Waals surface area contributed by atoms with Crippen molar-refractivity contribution in [2.24, 2.45) is 0 Å². The van der Waals surface area contributed by atoms with Gasteiger partial charge in [0.05, 0.1) is 6.61 Å². The summed E-state index contributed by atoms with van der Waals surface area (Å²) in [5.74, 6) is 0. The Kier molecular flexibility index (Phi) is 7.88. The van der Waals surface area contributed by atoms with Gasteiger partial charge in [-0.25, -0.2) is 4.79 Å². The molecule has 5 nitrogen and oxygen atoms in total. The van der Waals surface area contributed by atoms with Crippen LogP contribution in [0.25, 0.3) is 0 Å². The van der Waals surface area contributed by atoms with Gasteiger partial charge in [-0.1, -0.05) is 18.6 Å². The predicted octanol–water partition coefficient (Wildman–Crippen LogP) is 2.40. The summed E-state index contributed by atoms with van der Waals surface area (Å²) in [6, 6.07) is 8.46. The lowest BCUT2D eigenvalue weighted by molar-refractivity contribution is 0.0911. The standard InChI is InChI=1S/C18H29N3O2S/c1-20(13-15-6-5-8-17(12-15)24-2)18(23)19-9-11-21-10-4-3-7-16(21)14-22/h5-6,8,12,16,22H,3-4,7,9-11,13-14H2,1-2H3,(H,19,23). The SMILES string of the molecule is CSc1cccc(CN(C)C(=O)NCCN2CCCCC2CO)c1. The molecule has 0 aliphatic carbocycles. The van der Waals surface area contributed by atoms with Crippen molar-refractivity contribution in [3.8, 4) is 0 Å². The van der Waals surface area contributed by atoms with E-state index in [9.17, 15) is 9.90 Å². The van der Waals surface area contributed by atoms with Gasteiger partial charge >= 0.3 is 6.03 Å². The molecule has 1 aromatic rings. The van der Waals surface area contributed by atoms with E-state index in [1.165, 1.54) is 17.7 Å². The lowest BCUT2D eigenvalue weighted by atomic mass is 10.0. The van der Waals surface area contributed by atoms with E-state index in [1.807, 2.05) is 19.2 Å². The van der Waals surface area contributed by atoms with Crippen LogP contribution in [0.3, 0.4) is 0 Å². The monoisotopic (exact) mass is 351 g/mol. The number of rotatable bonds is 7. The number of aliphatic hydroxyl groups is 1. The van der Waals surface area contributed by atoms with E-state index in [2.05, 4.69) is 28.6 Å². The maximum Gasteiger partial charge on any atom is 0.317 e. The average Bonchev–Trinajstić information content (AvgIpc) is 2.62. The Bertz CT molecular complexity index is 527. The molecular formula is C18H29N3O2S. The summed E-state index contributed by atoms with van der Waals surface area (Å²) in [5, 5.41) is 12.4. The highest BCUT2D eigenvalue weighted by molar-refractivity contribution is 7.98. The van der Waals surface area contributed by atoms with E-state index in [0.717, 1.165) is 25.1 Å². The van der Waals surface area contributed by atoms with Crippen LogP contribution in [0.1, 0.15) is 24.8 Å². The van der Waals surface area contributed by atoms with Crippen LogP contribution in [0, 0.1) is 0 Å². The van der Waals surface area contributed by atoms with E-state index in [-0.39, 0.29) is 18.7 Å². The van der Waals surface area contributed by atoms with Crippen LogP contribution in [0.2, 0.25) is 0 Å². The van der Waals surface area contributed by atoms with Crippen LogP contribution < -0.4 is 5.32 Å². The molecule has 1 aliphatic heterocycles. The van der Waals surface area contributed by atoms with Crippen LogP contribution in [0.5, 0.6) is 0 Å². The Labute approximate surface area is 149 Å². The van der Waals surface area contributed by atoms with Crippen molar-refractivity contribution in [1.29, 1.82) is 0 Å². The number of likely N-dealkylation sites (tertiary alicyclic amines) is 1. The number of carbonyl (C=O) groups is 1. The third-order valence-corrected chi connectivity index (χ3v) is 5.26. The molecule has 1 saturated heterocycles. The highest BCUT2D eigenvalue weighted by atomic mass is 32.2. The molecule has 1 aromatic carbocycles. The van der Waals surface area contributed by atoms with Crippen molar-refractivity contribution < 1.29 is 9.90 Å². The largest absolute Gasteiger partial charge is 0.395 e. The number of nitrogens with one attached hydrogen (secondary N) is 1. The lowest BCUT2D eigenvalue weighted by Crippen LogP contribution is -2.47. The van der Waals surface area contributed by atoms with Gasteiger partial charge in [-0.2, -0.15) is 0 Å². The Balaban J connectivity index is 1.75. The van der Waals surface area contributed by atoms with Gasteiger partial charge in [-0.15, -0.1) is 11.8 Å². The van der Waals surface area contributed by atoms with E-state index in [4.69, 9.17) is 0 Å². The van der Waals surface area contributed by atoms with Gasteiger partial charge in [0, 0.05) is 37.6 Å². The second kappa shape index (κ2) is 9.91. The topological polar surface area (TPSA) is 55.8 Å². The molecule has 0 aromatic heterocycles. The van der Waals surface area contributed by atoms with E-state index < -0.39 is 0 Å². The first kappa shape index (κ1) is 19.1. The number of carbonyl (C=O) groups excluding carboxylic acids is 1. The fourth-order valence-electron chi connectivity index (χ4n) is 3.12. The molecule has 1 atom stereocenters. The zero-order valence-electron chi connectivity index (χ0n) is 14.7. The van der Waals surface area contributed by atoms with Crippen molar-refractivity contribution in [2.45, 2.75) is 36.7 Å². The fourth-order valence-corrected chi connectivity index (χ4v) is 3.60. The van der Waals surface area contributed by atoms with Gasteiger partial charge in [-0.05, 0) is 43.3 Å². The minimum atomic E-state index is -0.0536. The van der Waals surface area contributed by atoms with Crippen molar-refractivity contribution >= 4 is 17.8 Å². The average molecular weight is 352 g/mol. The Morgan fingerprint density at radius 2 is 2.29 bits per heavy atom. The number of aliphatic hydroxyl groups excluding tert-OH is 1. The van der Waals surface area contributed by atoms with E-state index in [0.29, 0.717) is 13.1 Å². The van der Waals surface area contributed by atoms with Gasteiger partial charge in [0.15, 0.2) is 0 Å². The van der Waals surface area contributed by atoms with Crippen LogP contribution in [-0.4, -0.2) is 66.5 Å². The molecule has 1 aliphatic rings. The second-order valence-corrected chi connectivity index (χ2v) is 7.19. The molecule has 1 unspecified atom stereocenters. The zero-order valence-corrected chi connectivity index (χ0v) is 15.5. The quantitative estimate of drug-likeness (QED) is 0.741. The first-order valence-electron chi connectivity index (χ1n) is 8.61. The number of thioether (sulfide) groups is 1. The van der Waals surface area contributed by atoms with Crippen molar-refractivity contribution in [3.05, 3.63) is 29.8 Å². The zero-order chi connectivity index (χ0) is 17.4. The number of piperidine rings is 1. The minimum Gasteiger partial charge on any atom is -0.395 e. The molecular weight excluding hydrogens is 322 g/mol. The van der Waals surface area contributed by atoms with Crippen LogP contribution in [-0.2, 0) is 6.54 Å². The van der Waals surface area contributed by atoms with Crippen LogP contribution in [0.15, 0.2) is 29.2 Å². The smallest absolute Gasteiger partial charge is 0.317 e. The molecule has 134 valence electrons. The molecule has 1 fully saturated rings. The van der Waals surface area contributed by atoms with Crippen molar-refractivity contribution in [2.75, 3.05) is 39.5 Å². The molecule has 0 spiro atoms. The van der Waals surface area contributed by atoms with E-state index >= 15 is 0 Å². The first-order chi connectivity index (χ1) is 11.6. The first-order valence-corrected chi connectivity index (χ1v) is 9.83.